The van der Waals surface area contributed by atoms with Crippen molar-refractivity contribution in [2.24, 2.45) is 11.7 Å². The molecule has 0 radical (unpaired) electrons. The van der Waals surface area contributed by atoms with Gasteiger partial charge >= 0.3 is 0 Å². The number of nitrogens with zero attached hydrogens (tertiary/aromatic N) is 2. The number of nitrogens with two attached hydrogens (primary N) is 1. The van der Waals surface area contributed by atoms with Crippen molar-refractivity contribution in [1.82, 2.24) is 9.80 Å². The summed E-state index contributed by atoms with van der Waals surface area (Å²) in [6, 6.07) is 0.401. The molecule has 1 amide bonds. The molecule has 0 aromatic rings. The Morgan fingerprint density at radius 1 is 1.39 bits per heavy atom. The molecule has 0 aromatic carbocycles. The Kier molecular flexibility index (Phi) is 4.62. The van der Waals surface area contributed by atoms with Crippen LogP contribution in [0.2, 0.25) is 0 Å². The molecule has 104 valence electrons. The number of rotatable bonds is 3. The summed E-state index contributed by atoms with van der Waals surface area (Å²) in [7, 11) is 2.22. The molecule has 2 N–H and O–H groups in total. The lowest BCUT2D eigenvalue weighted by Crippen LogP contribution is -2.56. The second kappa shape index (κ2) is 6.02. The fourth-order valence-electron chi connectivity index (χ4n) is 3.52. The Hall–Kier alpha value is -0.610. The van der Waals surface area contributed by atoms with Crippen LogP contribution in [0.4, 0.5) is 0 Å². The molecule has 2 aliphatic heterocycles. The summed E-state index contributed by atoms with van der Waals surface area (Å²) in [5.41, 5.74) is 5.95. The third kappa shape index (κ3) is 2.86. The van der Waals surface area contributed by atoms with E-state index in [2.05, 4.69) is 18.9 Å². The van der Waals surface area contributed by atoms with E-state index in [1.165, 1.54) is 19.4 Å². The summed E-state index contributed by atoms with van der Waals surface area (Å²) in [6.07, 6.45) is 5.44. The first-order chi connectivity index (χ1) is 8.63. The molecule has 2 heterocycles. The number of likely N-dealkylation sites (tertiary alicyclic amines) is 2. The Labute approximate surface area is 110 Å². The zero-order valence-electron chi connectivity index (χ0n) is 11.8. The molecule has 0 spiro atoms. The van der Waals surface area contributed by atoms with E-state index >= 15 is 0 Å². The summed E-state index contributed by atoms with van der Waals surface area (Å²) < 4.78 is 0. The van der Waals surface area contributed by atoms with Gasteiger partial charge in [0.2, 0.25) is 5.91 Å². The minimum Gasteiger partial charge on any atom is -0.341 e. The van der Waals surface area contributed by atoms with Crippen molar-refractivity contribution in [3.05, 3.63) is 0 Å². The van der Waals surface area contributed by atoms with Crippen LogP contribution in [-0.4, -0.2) is 54.5 Å². The smallest absolute Gasteiger partial charge is 0.239 e. The van der Waals surface area contributed by atoms with Crippen LogP contribution in [0.15, 0.2) is 0 Å². The fourth-order valence-corrected chi connectivity index (χ4v) is 3.52. The number of carbonyl (C=O) groups is 1. The number of fused-ring (bicyclic) bond motifs is 1. The summed E-state index contributed by atoms with van der Waals surface area (Å²) >= 11 is 0. The Balaban J connectivity index is 1.92. The molecule has 0 saturated carbocycles. The van der Waals surface area contributed by atoms with Crippen molar-refractivity contribution < 1.29 is 4.79 Å². The molecule has 4 heteroatoms. The molecule has 2 unspecified atom stereocenters. The van der Waals surface area contributed by atoms with Crippen LogP contribution in [0.1, 0.15) is 39.0 Å². The third-order valence-corrected chi connectivity index (χ3v) is 4.57. The molecule has 2 aliphatic rings. The van der Waals surface area contributed by atoms with Gasteiger partial charge in [-0.3, -0.25) is 4.79 Å². The van der Waals surface area contributed by atoms with Crippen molar-refractivity contribution in [1.29, 1.82) is 0 Å². The second-order valence-corrected chi connectivity index (χ2v) is 5.92. The van der Waals surface area contributed by atoms with E-state index in [0.29, 0.717) is 12.0 Å². The minimum atomic E-state index is -0.284. The van der Waals surface area contributed by atoms with E-state index in [-0.39, 0.29) is 11.9 Å². The number of hydrogen-bond acceptors (Lipinski definition) is 3. The molecule has 4 nitrogen and oxygen atoms in total. The van der Waals surface area contributed by atoms with Crippen LogP contribution in [0, 0.1) is 5.92 Å². The van der Waals surface area contributed by atoms with Gasteiger partial charge in [-0.25, -0.2) is 0 Å². The zero-order chi connectivity index (χ0) is 13.1. The van der Waals surface area contributed by atoms with E-state index in [1.54, 1.807) is 0 Å². The van der Waals surface area contributed by atoms with Crippen molar-refractivity contribution in [2.45, 2.75) is 51.1 Å². The average molecular weight is 253 g/mol. The molecule has 0 aliphatic carbocycles. The fraction of sp³-hybridized carbons (Fsp3) is 0.929. The van der Waals surface area contributed by atoms with Crippen molar-refractivity contribution in [3.63, 3.8) is 0 Å². The van der Waals surface area contributed by atoms with E-state index in [4.69, 9.17) is 5.73 Å². The van der Waals surface area contributed by atoms with Crippen LogP contribution < -0.4 is 5.73 Å². The molecule has 3 atom stereocenters. The zero-order valence-corrected chi connectivity index (χ0v) is 11.8. The van der Waals surface area contributed by atoms with Gasteiger partial charge in [0, 0.05) is 19.1 Å². The average Bonchev–Trinajstić information content (AvgIpc) is 2.38. The lowest BCUT2D eigenvalue weighted by Gasteiger charge is -2.46. The quantitative estimate of drug-likeness (QED) is 0.818. The van der Waals surface area contributed by atoms with Gasteiger partial charge in [-0.05, 0) is 45.2 Å². The first-order valence-corrected chi connectivity index (χ1v) is 7.38. The minimum absolute atomic E-state index is 0.170. The van der Waals surface area contributed by atoms with Gasteiger partial charge < -0.3 is 15.5 Å². The largest absolute Gasteiger partial charge is 0.341 e. The van der Waals surface area contributed by atoms with Gasteiger partial charge in [0.05, 0.1) is 6.04 Å². The van der Waals surface area contributed by atoms with Gasteiger partial charge in [-0.15, -0.1) is 0 Å². The lowest BCUT2D eigenvalue weighted by atomic mass is 9.84. The molecular formula is C14H27N3O. The van der Waals surface area contributed by atoms with Gasteiger partial charge in [0.25, 0.3) is 0 Å². The molecule has 0 aromatic heterocycles. The van der Waals surface area contributed by atoms with Crippen LogP contribution in [0.5, 0.6) is 0 Å². The van der Waals surface area contributed by atoms with Gasteiger partial charge in [-0.1, -0.05) is 13.3 Å². The number of piperidine rings is 2. The first-order valence-electron chi connectivity index (χ1n) is 7.38. The van der Waals surface area contributed by atoms with Gasteiger partial charge in [0.1, 0.15) is 0 Å². The SMILES string of the molecule is CCC[C@@H](N)C(=O)N1CCC2C(CCCN2C)C1. The molecular weight excluding hydrogens is 226 g/mol. The second-order valence-electron chi connectivity index (χ2n) is 5.92. The maximum atomic E-state index is 12.2. The van der Waals surface area contributed by atoms with Crippen LogP contribution in [-0.2, 0) is 4.79 Å². The van der Waals surface area contributed by atoms with Crippen LogP contribution in [0.3, 0.4) is 0 Å². The normalized spacial score (nSPS) is 30.9. The molecule has 0 bridgehead atoms. The van der Waals surface area contributed by atoms with Crippen LogP contribution in [0.25, 0.3) is 0 Å². The highest BCUT2D eigenvalue weighted by molar-refractivity contribution is 5.81. The highest BCUT2D eigenvalue weighted by Gasteiger charge is 2.36. The van der Waals surface area contributed by atoms with Crippen LogP contribution >= 0.6 is 0 Å². The van der Waals surface area contributed by atoms with Gasteiger partial charge in [-0.2, -0.15) is 0 Å². The molecule has 18 heavy (non-hydrogen) atoms. The Morgan fingerprint density at radius 3 is 2.89 bits per heavy atom. The lowest BCUT2D eigenvalue weighted by molar-refractivity contribution is -0.136. The molecule has 2 saturated heterocycles. The van der Waals surface area contributed by atoms with Gasteiger partial charge in [0.15, 0.2) is 0 Å². The monoisotopic (exact) mass is 253 g/mol. The van der Waals surface area contributed by atoms with E-state index in [1.807, 2.05) is 4.90 Å². The predicted octanol–water partition coefficient (Wildman–Crippen LogP) is 1.06. The Bertz CT molecular complexity index is 295. The van der Waals surface area contributed by atoms with Crippen molar-refractivity contribution in [2.75, 3.05) is 26.7 Å². The Morgan fingerprint density at radius 2 is 2.17 bits per heavy atom. The van der Waals surface area contributed by atoms with Crippen molar-refractivity contribution >= 4 is 5.91 Å². The summed E-state index contributed by atoms with van der Waals surface area (Å²) in [5.74, 6) is 0.832. The predicted molar refractivity (Wildman–Crippen MR) is 73.2 cm³/mol. The van der Waals surface area contributed by atoms with E-state index < -0.39 is 0 Å². The highest BCUT2D eigenvalue weighted by atomic mass is 16.2. The number of carbonyl (C=O) groups excluding carboxylic acids is 1. The van der Waals surface area contributed by atoms with E-state index in [0.717, 1.165) is 32.4 Å². The third-order valence-electron chi connectivity index (χ3n) is 4.57. The first kappa shape index (κ1) is 13.8. The standard InChI is InChI=1S/C14H27N3O/c1-3-5-12(15)14(18)17-9-7-13-11(10-17)6-4-8-16(13)2/h11-13H,3-10,15H2,1-2H3/t11?,12-,13?/m1/s1. The summed E-state index contributed by atoms with van der Waals surface area (Å²) in [5, 5.41) is 0. The summed E-state index contributed by atoms with van der Waals surface area (Å²) in [4.78, 5) is 16.7. The topological polar surface area (TPSA) is 49.6 Å². The van der Waals surface area contributed by atoms with E-state index in [9.17, 15) is 4.79 Å². The maximum Gasteiger partial charge on any atom is 0.239 e. The molecule has 2 fully saturated rings. The number of amides is 1. The van der Waals surface area contributed by atoms with Crippen molar-refractivity contribution in [3.8, 4) is 0 Å². The summed E-state index contributed by atoms with van der Waals surface area (Å²) in [6.45, 7) is 5.10. The highest BCUT2D eigenvalue weighted by Crippen LogP contribution is 2.29. The maximum absolute atomic E-state index is 12.2. The number of hydrogen-bond donors (Lipinski definition) is 1. The molecule has 2 rings (SSSR count).